The minimum Gasteiger partial charge on any atom is -0.493 e. The van der Waals surface area contributed by atoms with Crippen LogP contribution >= 0.6 is 0 Å². The molecular weight excluding hydrogens is 432 g/mol. The quantitative estimate of drug-likeness (QED) is 0.550. The topological polar surface area (TPSA) is 90.9 Å². The molecule has 2 heterocycles. The molecule has 0 radical (unpaired) electrons. The first-order valence-electron chi connectivity index (χ1n) is 10.4. The highest BCUT2D eigenvalue weighted by Crippen LogP contribution is 2.54. The van der Waals surface area contributed by atoms with E-state index in [-0.39, 0.29) is 11.9 Å². The highest BCUT2D eigenvalue weighted by atomic mass is 16.6. The SMILES string of the molecule is COc1cc([C@H]2OC[C@H]3[C@@H]2C(=O)O[C@H]3c2cc(OC)c(OC)c(OC)c2)cc(OC)c1OC. The van der Waals surface area contributed by atoms with Crippen LogP contribution in [0.3, 0.4) is 0 Å². The molecule has 2 fully saturated rings. The lowest BCUT2D eigenvalue weighted by Crippen LogP contribution is -2.18. The van der Waals surface area contributed by atoms with Crippen LogP contribution < -0.4 is 28.4 Å². The zero-order valence-electron chi connectivity index (χ0n) is 19.5. The fourth-order valence-electron chi connectivity index (χ4n) is 4.66. The highest BCUT2D eigenvalue weighted by molar-refractivity contribution is 5.77. The van der Waals surface area contributed by atoms with Crippen LogP contribution in [0.5, 0.6) is 34.5 Å². The van der Waals surface area contributed by atoms with Gasteiger partial charge in [0.05, 0.1) is 61.3 Å². The second-order valence-electron chi connectivity index (χ2n) is 7.72. The summed E-state index contributed by atoms with van der Waals surface area (Å²) >= 11 is 0. The summed E-state index contributed by atoms with van der Waals surface area (Å²) in [5.74, 6) is 1.91. The van der Waals surface area contributed by atoms with Gasteiger partial charge in [-0.1, -0.05) is 0 Å². The summed E-state index contributed by atoms with van der Waals surface area (Å²) in [6.45, 7) is 0.346. The number of cyclic esters (lactones) is 1. The third kappa shape index (κ3) is 3.76. The number of carbonyl (C=O) groups excluding carboxylic acids is 1. The van der Waals surface area contributed by atoms with Crippen molar-refractivity contribution in [3.05, 3.63) is 35.4 Å². The zero-order valence-corrected chi connectivity index (χ0v) is 19.5. The van der Waals surface area contributed by atoms with Crippen molar-refractivity contribution in [3.63, 3.8) is 0 Å². The van der Waals surface area contributed by atoms with Gasteiger partial charge in [-0.25, -0.2) is 0 Å². The van der Waals surface area contributed by atoms with Crippen LogP contribution in [0.2, 0.25) is 0 Å². The molecule has 4 atom stereocenters. The van der Waals surface area contributed by atoms with Gasteiger partial charge >= 0.3 is 5.97 Å². The fraction of sp³-hybridized carbons (Fsp3) is 0.458. The smallest absolute Gasteiger partial charge is 0.313 e. The maximum absolute atomic E-state index is 13.0. The van der Waals surface area contributed by atoms with E-state index >= 15 is 0 Å². The molecule has 33 heavy (non-hydrogen) atoms. The molecule has 2 aromatic rings. The van der Waals surface area contributed by atoms with E-state index in [1.807, 2.05) is 0 Å². The maximum Gasteiger partial charge on any atom is 0.313 e. The van der Waals surface area contributed by atoms with Crippen LogP contribution in [0.4, 0.5) is 0 Å². The molecule has 0 amide bonds. The lowest BCUT2D eigenvalue weighted by molar-refractivity contribution is -0.148. The van der Waals surface area contributed by atoms with Crippen molar-refractivity contribution in [1.82, 2.24) is 0 Å². The summed E-state index contributed by atoms with van der Waals surface area (Å²) in [5.41, 5.74) is 1.50. The summed E-state index contributed by atoms with van der Waals surface area (Å²) in [7, 11) is 9.26. The third-order valence-electron chi connectivity index (χ3n) is 6.19. The number of methoxy groups -OCH3 is 6. The van der Waals surface area contributed by atoms with E-state index < -0.39 is 18.1 Å². The first-order chi connectivity index (χ1) is 16.0. The molecule has 2 aliphatic heterocycles. The van der Waals surface area contributed by atoms with Gasteiger partial charge in [-0.15, -0.1) is 0 Å². The molecule has 9 nitrogen and oxygen atoms in total. The molecule has 0 aromatic heterocycles. The number of fused-ring (bicyclic) bond motifs is 1. The van der Waals surface area contributed by atoms with Gasteiger partial charge in [0.1, 0.15) is 6.10 Å². The van der Waals surface area contributed by atoms with Crippen LogP contribution in [0, 0.1) is 11.8 Å². The molecule has 2 saturated heterocycles. The average Bonchev–Trinajstić information content (AvgIpc) is 3.43. The van der Waals surface area contributed by atoms with Gasteiger partial charge < -0.3 is 37.9 Å². The number of hydrogen-bond acceptors (Lipinski definition) is 9. The molecule has 2 aromatic carbocycles. The Kier molecular flexibility index (Phi) is 6.42. The number of ether oxygens (including phenoxy) is 8. The summed E-state index contributed by atoms with van der Waals surface area (Å²) in [4.78, 5) is 13.0. The first-order valence-corrected chi connectivity index (χ1v) is 10.4. The van der Waals surface area contributed by atoms with Gasteiger partial charge in [0.25, 0.3) is 0 Å². The van der Waals surface area contributed by atoms with Gasteiger partial charge in [0.2, 0.25) is 11.5 Å². The van der Waals surface area contributed by atoms with Crippen molar-refractivity contribution in [2.45, 2.75) is 12.2 Å². The average molecular weight is 460 g/mol. The van der Waals surface area contributed by atoms with Crippen LogP contribution in [-0.4, -0.2) is 55.2 Å². The van der Waals surface area contributed by atoms with E-state index in [2.05, 4.69) is 0 Å². The summed E-state index contributed by atoms with van der Waals surface area (Å²) in [6, 6.07) is 7.20. The monoisotopic (exact) mass is 460 g/mol. The Labute approximate surface area is 192 Å². The molecule has 0 bridgehead atoms. The highest BCUT2D eigenvalue weighted by Gasteiger charge is 2.54. The lowest BCUT2D eigenvalue weighted by atomic mass is 9.84. The molecule has 0 saturated carbocycles. The van der Waals surface area contributed by atoms with E-state index in [0.717, 1.165) is 11.1 Å². The Morgan fingerprint density at radius 2 is 1.09 bits per heavy atom. The summed E-state index contributed by atoms with van der Waals surface area (Å²) in [6.07, 6.45) is -1.02. The van der Waals surface area contributed by atoms with E-state index in [1.54, 1.807) is 66.9 Å². The molecule has 0 aliphatic carbocycles. The number of esters is 1. The predicted molar refractivity (Wildman–Crippen MR) is 117 cm³/mol. The Morgan fingerprint density at radius 1 is 0.667 bits per heavy atom. The standard InChI is InChI=1S/C24H28O9/c1-26-15-7-12(8-16(27-2)22(15)30-5)20-14-11-32-21(19(14)24(25)33-20)13-9-17(28-3)23(31-6)18(10-13)29-4/h7-10,14,19-21H,11H2,1-6H3/t14-,19-,20-,21+/m0/s1. The number of benzene rings is 2. The van der Waals surface area contributed by atoms with Crippen molar-refractivity contribution in [2.24, 2.45) is 11.8 Å². The Morgan fingerprint density at radius 3 is 1.48 bits per heavy atom. The van der Waals surface area contributed by atoms with Crippen molar-refractivity contribution < 1.29 is 42.7 Å². The summed E-state index contributed by atoms with van der Waals surface area (Å²) < 4.78 is 44.6. The van der Waals surface area contributed by atoms with Gasteiger partial charge in [-0.2, -0.15) is 0 Å². The second-order valence-corrected chi connectivity index (χ2v) is 7.72. The van der Waals surface area contributed by atoms with Crippen LogP contribution in [0.25, 0.3) is 0 Å². The molecule has 0 spiro atoms. The van der Waals surface area contributed by atoms with Crippen LogP contribution in [0.1, 0.15) is 23.3 Å². The molecule has 4 rings (SSSR count). The first kappa shape index (κ1) is 22.8. The Hall–Kier alpha value is -3.33. The molecule has 178 valence electrons. The molecule has 9 heteroatoms. The Balaban J connectivity index is 1.69. The van der Waals surface area contributed by atoms with Crippen molar-refractivity contribution >= 4 is 5.97 Å². The van der Waals surface area contributed by atoms with Gasteiger partial charge in [-0.3, -0.25) is 4.79 Å². The zero-order chi connectivity index (χ0) is 23.7. The van der Waals surface area contributed by atoms with Crippen molar-refractivity contribution in [2.75, 3.05) is 49.3 Å². The van der Waals surface area contributed by atoms with Gasteiger partial charge in [0.15, 0.2) is 23.0 Å². The maximum atomic E-state index is 13.0. The molecule has 0 N–H and O–H groups in total. The fourth-order valence-corrected chi connectivity index (χ4v) is 4.66. The second kappa shape index (κ2) is 9.27. The van der Waals surface area contributed by atoms with Gasteiger partial charge in [-0.05, 0) is 29.8 Å². The van der Waals surface area contributed by atoms with Crippen LogP contribution in [0.15, 0.2) is 24.3 Å². The van der Waals surface area contributed by atoms with E-state index in [4.69, 9.17) is 37.9 Å². The predicted octanol–water partition coefficient (Wildman–Crippen LogP) is 3.34. The van der Waals surface area contributed by atoms with E-state index in [9.17, 15) is 4.79 Å². The lowest BCUT2D eigenvalue weighted by Gasteiger charge is -2.19. The van der Waals surface area contributed by atoms with Crippen molar-refractivity contribution in [3.8, 4) is 34.5 Å². The molecule has 2 aliphatic rings. The number of hydrogen-bond donors (Lipinski definition) is 0. The van der Waals surface area contributed by atoms with E-state index in [1.165, 1.54) is 0 Å². The number of carbonyl (C=O) groups is 1. The molecular formula is C24H28O9. The normalized spacial score (nSPS) is 23.5. The van der Waals surface area contributed by atoms with E-state index in [0.29, 0.717) is 41.1 Å². The molecule has 0 unspecified atom stereocenters. The van der Waals surface area contributed by atoms with Gasteiger partial charge in [0, 0.05) is 11.5 Å². The third-order valence-corrected chi connectivity index (χ3v) is 6.19. The van der Waals surface area contributed by atoms with Crippen LogP contribution in [-0.2, 0) is 14.3 Å². The Bertz CT molecular complexity index is 923. The largest absolute Gasteiger partial charge is 0.493 e. The minimum atomic E-state index is -0.511. The van der Waals surface area contributed by atoms with Crippen molar-refractivity contribution in [1.29, 1.82) is 0 Å². The summed E-state index contributed by atoms with van der Waals surface area (Å²) in [5, 5.41) is 0. The minimum absolute atomic E-state index is 0.190. The number of rotatable bonds is 8.